The second-order valence-corrected chi connectivity index (χ2v) is 6.14. The lowest BCUT2D eigenvalue weighted by molar-refractivity contribution is 0.166. The summed E-state index contributed by atoms with van der Waals surface area (Å²) in [5.41, 5.74) is 0.417. The highest BCUT2D eigenvalue weighted by atomic mass is 35.5. The van der Waals surface area contributed by atoms with Gasteiger partial charge in [-0.2, -0.15) is 4.98 Å². The predicted octanol–water partition coefficient (Wildman–Crippen LogP) is 4.04. The van der Waals surface area contributed by atoms with Crippen LogP contribution in [0.15, 0.2) is 4.52 Å². The Balaban J connectivity index is 1.95. The average molecular weight is 243 g/mol. The quantitative estimate of drug-likeness (QED) is 0.746. The smallest absolute Gasteiger partial charge is 0.320 e. The number of rotatable bonds is 1. The Morgan fingerprint density at radius 3 is 2.25 bits per heavy atom. The van der Waals surface area contributed by atoms with Gasteiger partial charge in [0.15, 0.2) is 5.82 Å². The minimum atomic E-state index is 0.160. The van der Waals surface area contributed by atoms with E-state index < -0.39 is 0 Å². The molecular formula is C12H19ClN2O. The van der Waals surface area contributed by atoms with Crippen LogP contribution in [0, 0.1) is 11.3 Å². The largest absolute Gasteiger partial charge is 0.321 e. The summed E-state index contributed by atoms with van der Waals surface area (Å²) in [7, 11) is 0. The Kier molecular flexibility index (Phi) is 3.24. The lowest BCUT2D eigenvalue weighted by atomic mass is 9.70. The second kappa shape index (κ2) is 4.36. The van der Waals surface area contributed by atoms with E-state index in [1.807, 2.05) is 0 Å². The fourth-order valence-electron chi connectivity index (χ4n) is 2.60. The highest BCUT2D eigenvalue weighted by molar-refractivity contribution is 6.27. The summed E-state index contributed by atoms with van der Waals surface area (Å²) < 4.78 is 4.82. The third-order valence-electron chi connectivity index (χ3n) is 3.73. The lowest BCUT2D eigenvalue weighted by Crippen LogP contribution is -2.25. The summed E-state index contributed by atoms with van der Waals surface area (Å²) in [5, 5.41) is 4.07. The minimum absolute atomic E-state index is 0.160. The third kappa shape index (κ3) is 2.57. The van der Waals surface area contributed by atoms with E-state index in [1.54, 1.807) is 0 Å². The maximum atomic E-state index is 5.64. The SMILES string of the molecule is CC(C)(C)C1CCC(c2noc(Cl)n2)CC1. The molecule has 0 amide bonds. The summed E-state index contributed by atoms with van der Waals surface area (Å²) in [5.74, 6) is 2.04. The monoisotopic (exact) mass is 242 g/mol. The Hall–Kier alpha value is -0.570. The van der Waals surface area contributed by atoms with Gasteiger partial charge in [-0.05, 0) is 48.6 Å². The molecule has 1 aliphatic carbocycles. The lowest BCUT2D eigenvalue weighted by Gasteiger charge is -2.36. The van der Waals surface area contributed by atoms with Crippen molar-refractivity contribution in [2.45, 2.75) is 52.4 Å². The van der Waals surface area contributed by atoms with Crippen LogP contribution in [-0.4, -0.2) is 10.1 Å². The zero-order valence-corrected chi connectivity index (χ0v) is 10.9. The molecule has 0 saturated heterocycles. The van der Waals surface area contributed by atoms with Crippen molar-refractivity contribution in [2.75, 3.05) is 0 Å². The number of halogens is 1. The number of nitrogens with zero attached hydrogens (tertiary/aromatic N) is 2. The van der Waals surface area contributed by atoms with Gasteiger partial charge in [-0.1, -0.05) is 25.9 Å². The van der Waals surface area contributed by atoms with E-state index in [0.29, 0.717) is 11.3 Å². The Morgan fingerprint density at radius 2 is 1.81 bits per heavy atom. The normalized spacial score (nSPS) is 27.0. The highest BCUT2D eigenvalue weighted by Gasteiger charge is 2.31. The molecule has 0 aromatic carbocycles. The molecule has 0 N–H and O–H groups in total. The number of aromatic nitrogens is 2. The molecule has 1 aromatic heterocycles. The maximum Gasteiger partial charge on any atom is 0.320 e. The van der Waals surface area contributed by atoms with Crippen LogP contribution in [0.3, 0.4) is 0 Å². The van der Waals surface area contributed by atoms with Gasteiger partial charge in [0, 0.05) is 5.92 Å². The van der Waals surface area contributed by atoms with Crippen molar-refractivity contribution >= 4 is 11.6 Å². The predicted molar refractivity (Wildman–Crippen MR) is 63.5 cm³/mol. The standard InChI is InChI=1S/C12H19ClN2O/c1-12(2,3)9-6-4-8(5-7-9)10-14-11(13)16-15-10/h8-9H,4-7H2,1-3H3. The van der Waals surface area contributed by atoms with E-state index in [-0.39, 0.29) is 5.35 Å². The van der Waals surface area contributed by atoms with E-state index in [1.165, 1.54) is 12.8 Å². The molecule has 1 aromatic rings. The first kappa shape index (κ1) is 11.9. The Labute approximate surface area is 102 Å². The first-order valence-corrected chi connectivity index (χ1v) is 6.33. The fraction of sp³-hybridized carbons (Fsp3) is 0.833. The van der Waals surface area contributed by atoms with Crippen molar-refractivity contribution in [3.05, 3.63) is 11.2 Å². The molecule has 0 unspecified atom stereocenters. The summed E-state index contributed by atoms with van der Waals surface area (Å²) in [6, 6.07) is 0. The van der Waals surface area contributed by atoms with Crippen LogP contribution in [0.5, 0.6) is 0 Å². The molecule has 0 atom stereocenters. The van der Waals surface area contributed by atoms with Crippen molar-refractivity contribution in [1.29, 1.82) is 0 Å². The van der Waals surface area contributed by atoms with Crippen LogP contribution >= 0.6 is 11.6 Å². The number of hydrogen-bond acceptors (Lipinski definition) is 3. The van der Waals surface area contributed by atoms with Crippen molar-refractivity contribution in [3.8, 4) is 0 Å². The molecule has 4 heteroatoms. The molecule has 0 aliphatic heterocycles. The van der Waals surface area contributed by atoms with E-state index in [2.05, 4.69) is 30.9 Å². The Bertz CT molecular complexity index is 348. The van der Waals surface area contributed by atoms with Gasteiger partial charge in [-0.3, -0.25) is 0 Å². The molecular weight excluding hydrogens is 224 g/mol. The van der Waals surface area contributed by atoms with Gasteiger partial charge in [-0.25, -0.2) is 0 Å². The van der Waals surface area contributed by atoms with Gasteiger partial charge in [-0.15, -0.1) is 0 Å². The van der Waals surface area contributed by atoms with Gasteiger partial charge in [0.1, 0.15) is 0 Å². The summed E-state index contributed by atoms with van der Waals surface area (Å²) in [6.45, 7) is 6.97. The van der Waals surface area contributed by atoms with Gasteiger partial charge >= 0.3 is 5.35 Å². The second-order valence-electron chi connectivity index (χ2n) is 5.82. The van der Waals surface area contributed by atoms with E-state index >= 15 is 0 Å². The van der Waals surface area contributed by atoms with Gasteiger partial charge in [0.25, 0.3) is 0 Å². The molecule has 0 spiro atoms. The third-order valence-corrected chi connectivity index (χ3v) is 3.89. The molecule has 0 bridgehead atoms. The van der Waals surface area contributed by atoms with Crippen molar-refractivity contribution in [2.24, 2.45) is 11.3 Å². The summed E-state index contributed by atoms with van der Waals surface area (Å²) in [6.07, 6.45) is 4.80. The van der Waals surface area contributed by atoms with E-state index in [4.69, 9.17) is 16.1 Å². The highest BCUT2D eigenvalue weighted by Crippen LogP contribution is 2.42. The van der Waals surface area contributed by atoms with Crippen molar-refractivity contribution < 1.29 is 4.52 Å². The molecule has 90 valence electrons. The fourth-order valence-corrected chi connectivity index (χ4v) is 2.72. The first-order chi connectivity index (χ1) is 7.47. The minimum Gasteiger partial charge on any atom is -0.321 e. The zero-order chi connectivity index (χ0) is 11.8. The van der Waals surface area contributed by atoms with Crippen LogP contribution in [0.4, 0.5) is 0 Å². The maximum absolute atomic E-state index is 5.64. The molecule has 1 saturated carbocycles. The molecule has 1 fully saturated rings. The zero-order valence-electron chi connectivity index (χ0n) is 10.2. The summed E-state index contributed by atoms with van der Waals surface area (Å²) in [4.78, 5) is 4.11. The van der Waals surface area contributed by atoms with Gasteiger partial charge in [0.2, 0.25) is 0 Å². The van der Waals surface area contributed by atoms with Crippen LogP contribution in [0.2, 0.25) is 5.35 Å². The topological polar surface area (TPSA) is 38.9 Å². The average Bonchev–Trinajstić information content (AvgIpc) is 2.64. The van der Waals surface area contributed by atoms with E-state index in [0.717, 1.165) is 24.6 Å². The molecule has 1 aliphatic rings. The Morgan fingerprint density at radius 1 is 1.19 bits per heavy atom. The summed E-state index contributed by atoms with van der Waals surface area (Å²) >= 11 is 5.64. The van der Waals surface area contributed by atoms with Crippen LogP contribution in [0.25, 0.3) is 0 Å². The first-order valence-electron chi connectivity index (χ1n) is 5.96. The van der Waals surface area contributed by atoms with Crippen molar-refractivity contribution in [3.63, 3.8) is 0 Å². The molecule has 3 nitrogen and oxygen atoms in total. The van der Waals surface area contributed by atoms with Crippen LogP contribution in [-0.2, 0) is 0 Å². The van der Waals surface area contributed by atoms with Crippen LogP contribution in [0.1, 0.15) is 58.2 Å². The van der Waals surface area contributed by atoms with E-state index in [9.17, 15) is 0 Å². The number of hydrogen-bond donors (Lipinski definition) is 0. The van der Waals surface area contributed by atoms with Gasteiger partial charge < -0.3 is 4.52 Å². The van der Waals surface area contributed by atoms with Crippen LogP contribution < -0.4 is 0 Å². The molecule has 16 heavy (non-hydrogen) atoms. The van der Waals surface area contributed by atoms with Gasteiger partial charge in [0.05, 0.1) is 0 Å². The molecule has 2 rings (SSSR count). The molecule has 0 radical (unpaired) electrons. The molecule has 1 heterocycles. The van der Waals surface area contributed by atoms with Crippen molar-refractivity contribution in [1.82, 2.24) is 10.1 Å².